The van der Waals surface area contributed by atoms with Crippen LogP contribution < -0.4 is 5.32 Å². The lowest BCUT2D eigenvalue weighted by Crippen LogP contribution is -2.44. The molecule has 1 fully saturated rings. The minimum absolute atomic E-state index is 0.142. The molecule has 1 saturated heterocycles. The molecule has 2 atom stereocenters. The highest BCUT2D eigenvalue weighted by Gasteiger charge is 2.23. The van der Waals surface area contributed by atoms with Gasteiger partial charge in [0.1, 0.15) is 0 Å². The van der Waals surface area contributed by atoms with Crippen LogP contribution in [0.15, 0.2) is 41.8 Å². The molecule has 1 aliphatic rings. The third kappa shape index (κ3) is 4.64. The third-order valence-electron chi connectivity index (χ3n) is 5.31. The Morgan fingerprint density at radius 1 is 1.10 bits per heavy atom. The van der Waals surface area contributed by atoms with Crippen molar-refractivity contribution >= 4 is 22.4 Å². The van der Waals surface area contributed by atoms with Crippen LogP contribution in [0.3, 0.4) is 0 Å². The molecule has 3 aromatic rings. The number of aromatic nitrogens is 2. The quantitative estimate of drug-likeness (QED) is 0.659. The molecule has 1 N–H and O–H groups in total. The molecule has 0 radical (unpaired) electrons. The van der Waals surface area contributed by atoms with Crippen LogP contribution >= 0.6 is 11.3 Å². The molecule has 1 aliphatic heterocycles. The van der Waals surface area contributed by atoms with E-state index in [1.807, 2.05) is 29.6 Å². The number of carbonyl (C=O) groups excluding carboxylic acids is 1. The van der Waals surface area contributed by atoms with Crippen molar-refractivity contribution < 1.29 is 9.53 Å². The third-order valence-corrected chi connectivity index (χ3v) is 6.12. The summed E-state index contributed by atoms with van der Waals surface area (Å²) >= 11 is 1.46. The Hall–Kier alpha value is -2.48. The Morgan fingerprint density at radius 3 is 2.37 bits per heavy atom. The van der Waals surface area contributed by atoms with E-state index in [4.69, 9.17) is 4.74 Å². The lowest BCUT2D eigenvalue weighted by molar-refractivity contribution is -0.0707. The van der Waals surface area contributed by atoms with Gasteiger partial charge in [0.25, 0.3) is 5.91 Å². The number of anilines is 1. The second-order valence-corrected chi connectivity index (χ2v) is 8.91. The van der Waals surface area contributed by atoms with Gasteiger partial charge in [-0.15, -0.1) is 11.3 Å². The van der Waals surface area contributed by atoms with E-state index in [9.17, 15) is 4.79 Å². The molecule has 0 spiro atoms. The Morgan fingerprint density at radius 2 is 1.73 bits per heavy atom. The molecule has 0 saturated carbocycles. The van der Waals surface area contributed by atoms with Gasteiger partial charge in [0.2, 0.25) is 0 Å². The Balaban J connectivity index is 1.38. The first-order valence-electron chi connectivity index (χ1n) is 10.3. The normalized spacial score (nSPS) is 19.7. The maximum absolute atomic E-state index is 12.7. The summed E-state index contributed by atoms with van der Waals surface area (Å²) in [5, 5.41) is 5.57. The van der Waals surface area contributed by atoms with Crippen molar-refractivity contribution in [3.05, 3.63) is 64.4 Å². The van der Waals surface area contributed by atoms with Gasteiger partial charge in [0, 0.05) is 47.7 Å². The molecule has 158 valence electrons. The maximum atomic E-state index is 12.7. The summed E-state index contributed by atoms with van der Waals surface area (Å²) in [6, 6.07) is 11.8. The number of nitrogens with zero attached hydrogens (tertiary/aromatic N) is 3. The van der Waals surface area contributed by atoms with Gasteiger partial charge in [-0.1, -0.05) is 0 Å². The first kappa shape index (κ1) is 20.8. The monoisotopic (exact) mass is 424 g/mol. The van der Waals surface area contributed by atoms with Crippen molar-refractivity contribution in [3.8, 4) is 5.69 Å². The Kier molecular flexibility index (Phi) is 6.04. The molecule has 2 aromatic heterocycles. The number of carbonyl (C=O) groups is 1. The van der Waals surface area contributed by atoms with Crippen molar-refractivity contribution in [2.24, 2.45) is 0 Å². The van der Waals surface area contributed by atoms with E-state index in [1.54, 1.807) is 0 Å². The lowest BCUT2D eigenvalue weighted by Gasteiger charge is -2.34. The van der Waals surface area contributed by atoms with Crippen LogP contribution in [0.1, 0.15) is 41.3 Å². The molecular weight excluding hydrogens is 396 g/mol. The van der Waals surface area contributed by atoms with E-state index >= 15 is 0 Å². The van der Waals surface area contributed by atoms with Crippen molar-refractivity contribution in [3.63, 3.8) is 0 Å². The summed E-state index contributed by atoms with van der Waals surface area (Å²) in [5.41, 5.74) is 4.99. The first-order valence-corrected chi connectivity index (χ1v) is 11.2. The van der Waals surface area contributed by atoms with E-state index in [0.29, 0.717) is 10.7 Å². The van der Waals surface area contributed by atoms with Gasteiger partial charge >= 0.3 is 0 Å². The molecule has 2 unspecified atom stereocenters. The minimum Gasteiger partial charge on any atom is -0.373 e. The number of thiazole rings is 1. The topological polar surface area (TPSA) is 59.4 Å². The standard InChI is InChI=1S/C23H28N4O2S/c1-15-5-6-16(2)27(15)21-9-7-19(8-10-21)22(28)25-23-24-20(14-30-23)13-26-11-17(3)29-18(4)12-26/h5-10,14,17-18H,11-13H2,1-4H3,(H,24,25,28). The van der Waals surface area contributed by atoms with Gasteiger partial charge in [0.05, 0.1) is 17.9 Å². The Labute approximate surface area is 181 Å². The van der Waals surface area contributed by atoms with Gasteiger partial charge in [0.15, 0.2) is 5.13 Å². The van der Waals surface area contributed by atoms with E-state index in [-0.39, 0.29) is 18.1 Å². The van der Waals surface area contributed by atoms with Crippen LogP contribution in [-0.2, 0) is 11.3 Å². The van der Waals surface area contributed by atoms with Crippen LogP contribution in [0.2, 0.25) is 0 Å². The van der Waals surface area contributed by atoms with Crippen molar-refractivity contribution in [1.82, 2.24) is 14.5 Å². The molecule has 1 amide bonds. The molecule has 0 bridgehead atoms. The highest BCUT2D eigenvalue weighted by molar-refractivity contribution is 7.13. The summed E-state index contributed by atoms with van der Waals surface area (Å²) in [5.74, 6) is -0.142. The molecule has 3 heterocycles. The number of benzene rings is 1. The predicted molar refractivity (Wildman–Crippen MR) is 121 cm³/mol. The van der Waals surface area contributed by atoms with Crippen LogP contribution in [0.4, 0.5) is 5.13 Å². The number of rotatable bonds is 5. The van der Waals surface area contributed by atoms with Gasteiger partial charge in [-0.2, -0.15) is 0 Å². The molecule has 0 aliphatic carbocycles. The number of hydrogen-bond acceptors (Lipinski definition) is 5. The highest BCUT2D eigenvalue weighted by atomic mass is 32.1. The van der Waals surface area contributed by atoms with Crippen LogP contribution in [0.25, 0.3) is 5.69 Å². The predicted octanol–water partition coefficient (Wildman–Crippen LogP) is 4.41. The fraction of sp³-hybridized carbons (Fsp3) is 0.391. The summed E-state index contributed by atoms with van der Waals surface area (Å²) in [6.45, 7) is 10.9. The average Bonchev–Trinajstić information content (AvgIpc) is 3.26. The number of ether oxygens (including phenoxy) is 1. The molecule has 1 aromatic carbocycles. The zero-order valence-corrected chi connectivity index (χ0v) is 18.7. The van der Waals surface area contributed by atoms with E-state index in [0.717, 1.165) is 31.0 Å². The summed E-state index contributed by atoms with van der Waals surface area (Å²) < 4.78 is 7.96. The highest BCUT2D eigenvalue weighted by Crippen LogP contribution is 2.21. The van der Waals surface area contributed by atoms with E-state index in [1.165, 1.54) is 22.7 Å². The number of nitrogens with one attached hydrogen (secondary N) is 1. The second-order valence-electron chi connectivity index (χ2n) is 8.05. The van der Waals surface area contributed by atoms with Crippen molar-refractivity contribution in [2.75, 3.05) is 18.4 Å². The van der Waals surface area contributed by atoms with E-state index in [2.05, 4.69) is 59.6 Å². The van der Waals surface area contributed by atoms with Crippen molar-refractivity contribution in [2.45, 2.75) is 46.4 Å². The number of aryl methyl sites for hydroxylation is 2. The summed E-state index contributed by atoms with van der Waals surface area (Å²) in [7, 11) is 0. The van der Waals surface area contributed by atoms with Gasteiger partial charge in [-0.25, -0.2) is 4.98 Å². The zero-order valence-electron chi connectivity index (χ0n) is 17.9. The Bertz CT molecular complexity index is 995. The molecular formula is C23H28N4O2S. The van der Waals surface area contributed by atoms with Crippen LogP contribution in [0.5, 0.6) is 0 Å². The fourth-order valence-electron chi connectivity index (χ4n) is 4.09. The average molecular weight is 425 g/mol. The number of hydrogen-bond donors (Lipinski definition) is 1. The smallest absolute Gasteiger partial charge is 0.257 e. The summed E-state index contributed by atoms with van der Waals surface area (Å²) in [4.78, 5) is 19.6. The minimum atomic E-state index is -0.142. The van der Waals surface area contributed by atoms with Gasteiger partial charge < -0.3 is 9.30 Å². The van der Waals surface area contributed by atoms with Crippen LogP contribution in [0, 0.1) is 13.8 Å². The second kappa shape index (κ2) is 8.71. The van der Waals surface area contributed by atoms with Crippen molar-refractivity contribution in [1.29, 1.82) is 0 Å². The molecule has 30 heavy (non-hydrogen) atoms. The molecule has 6 nitrogen and oxygen atoms in total. The SMILES string of the molecule is Cc1ccc(C)n1-c1ccc(C(=O)Nc2nc(CN3CC(C)OC(C)C3)cs2)cc1. The zero-order chi connectivity index (χ0) is 21.3. The number of amides is 1. The first-order chi connectivity index (χ1) is 14.4. The lowest BCUT2D eigenvalue weighted by atomic mass is 10.2. The molecule has 7 heteroatoms. The van der Waals surface area contributed by atoms with Gasteiger partial charge in [-0.3, -0.25) is 15.0 Å². The number of morpholine rings is 1. The summed E-state index contributed by atoms with van der Waals surface area (Å²) in [6.07, 6.45) is 0.460. The molecule has 4 rings (SSSR count). The van der Waals surface area contributed by atoms with Crippen LogP contribution in [-0.4, -0.2) is 45.7 Å². The fourth-order valence-corrected chi connectivity index (χ4v) is 4.78. The maximum Gasteiger partial charge on any atom is 0.257 e. The largest absolute Gasteiger partial charge is 0.373 e. The van der Waals surface area contributed by atoms with Gasteiger partial charge in [-0.05, 0) is 64.1 Å². The van der Waals surface area contributed by atoms with E-state index < -0.39 is 0 Å².